The molecule has 2 heterocycles. The third-order valence-electron chi connectivity index (χ3n) is 2.90. The maximum atomic E-state index is 11.1. The van der Waals surface area contributed by atoms with Crippen molar-refractivity contribution in [2.45, 2.75) is 19.4 Å². The Balaban J connectivity index is 2.62. The van der Waals surface area contributed by atoms with Crippen LogP contribution in [-0.4, -0.2) is 38.7 Å². The van der Waals surface area contributed by atoms with Gasteiger partial charge in [0.25, 0.3) is 0 Å². The van der Waals surface area contributed by atoms with E-state index < -0.39 is 5.97 Å². The number of nitrogens with zero attached hydrogens (tertiary/aromatic N) is 2. The number of carbonyl (C=O) groups is 1. The van der Waals surface area contributed by atoms with E-state index in [-0.39, 0.29) is 17.6 Å². The molecule has 0 aliphatic heterocycles. The number of aromatic hydroxyl groups is 1. The molecule has 3 N–H and O–H groups in total. The number of nitrogens with one attached hydrogen (secondary N) is 1. The zero-order valence-corrected chi connectivity index (χ0v) is 10.2. The monoisotopic (exact) mass is 249 g/mol. The first-order valence-corrected chi connectivity index (χ1v) is 5.64. The van der Waals surface area contributed by atoms with Gasteiger partial charge < -0.3 is 15.5 Å². The van der Waals surface area contributed by atoms with Gasteiger partial charge in [-0.2, -0.15) is 0 Å². The molecule has 6 nitrogen and oxygen atoms in total. The van der Waals surface area contributed by atoms with E-state index in [0.717, 1.165) is 0 Å². The Kier molecular flexibility index (Phi) is 3.20. The van der Waals surface area contributed by atoms with Gasteiger partial charge in [0.1, 0.15) is 5.82 Å². The van der Waals surface area contributed by atoms with Crippen molar-refractivity contribution in [2.24, 2.45) is 0 Å². The van der Waals surface area contributed by atoms with Crippen LogP contribution in [0.5, 0.6) is 5.88 Å². The summed E-state index contributed by atoms with van der Waals surface area (Å²) in [5, 5.41) is 22.0. The number of aromatic carboxylic acids is 1. The summed E-state index contributed by atoms with van der Waals surface area (Å²) in [5.41, 5.74) is 0.366. The second kappa shape index (κ2) is 4.66. The molecule has 2 aromatic rings. The van der Waals surface area contributed by atoms with Gasteiger partial charge in [-0.3, -0.25) is 4.40 Å². The maximum Gasteiger partial charge on any atom is 0.356 e. The summed E-state index contributed by atoms with van der Waals surface area (Å²) in [7, 11) is 1.82. The van der Waals surface area contributed by atoms with Crippen LogP contribution in [0.4, 0.5) is 0 Å². The number of imidazole rings is 1. The van der Waals surface area contributed by atoms with Gasteiger partial charge in [-0.05, 0) is 26.1 Å². The highest BCUT2D eigenvalue weighted by Gasteiger charge is 2.19. The number of hydrogen-bond donors (Lipinski definition) is 3. The Bertz CT molecular complexity index is 592. The third-order valence-corrected chi connectivity index (χ3v) is 2.90. The van der Waals surface area contributed by atoms with Crippen molar-refractivity contribution < 1.29 is 15.0 Å². The van der Waals surface area contributed by atoms with E-state index in [4.69, 9.17) is 5.11 Å². The third kappa shape index (κ3) is 2.02. The second-order valence-electron chi connectivity index (χ2n) is 4.18. The lowest BCUT2D eigenvalue weighted by Crippen LogP contribution is -2.24. The van der Waals surface area contributed by atoms with E-state index >= 15 is 0 Å². The number of hydrogen-bond acceptors (Lipinski definition) is 4. The molecule has 0 bridgehead atoms. The second-order valence-corrected chi connectivity index (χ2v) is 4.18. The maximum absolute atomic E-state index is 11.1. The number of fused-ring (bicyclic) bond motifs is 1. The lowest BCUT2D eigenvalue weighted by molar-refractivity contribution is 0.0693. The van der Waals surface area contributed by atoms with Crippen LogP contribution in [0.15, 0.2) is 18.2 Å². The van der Waals surface area contributed by atoms with Crippen molar-refractivity contribution in [2.75, 3.05) is 7.05 Å². The van der Waals surface area contributed by atoms with Crippen molar-refractivity contribution in [1.82, 2.24) is 14.7 Å². The van der Waals surface area contributed by atoms with Crippen LogP contribution < -0.4 is 5.32 Å². The smallest absolute Gasteiger partial charge is 0.356 e. The number of carboxylic acids is 1. The zero-order valence-electron chi connectivity index (χ0n) is 10.2. The van der Waals surface area contributed by atoms with Crippen LogP contribution in [0.1, 0.15) is 23.2 Å². The fourth-order valence-electron chi connectivity index (χ4n) is 1.86. The highest BCUT2D eigenvalue weighted by molar-refractivity contribution is 5.93. The molecule has 18 heavy (non-hydrogen) atoms. The van der Waals surface area contributed by atoms with E-state index in [1.54, 1.807) is 12.1 Å². The van der Waals surface area contributed by atoms with Crippen molar-refractivity contribution >= 4 is 11.5 Å². The van der Waals surface area contributed by atoms with Gasteiger partial charge in [0, 0.05) is 12.5 Å². The molecule has 6 heteroatoms. The average Bonchev–Trinajstić information content (AvgIpc) is 2.69. The summed E-state index contributed by atoms with van der Waals surface area (Å²) in [6.07, 6.45) is 0.530. The van der Waals surface area contributed by atoms with Gasteiger partial charge in [0.2, 0.25) is 0 Å². The largest absolute Gasteiger partial charge is 0.494 e. The molecule has 0 amide bonds. The molecular weight excluding hydrogens is 234 g/mol. The molecule has 2 aromatic heterocycles. The first-order valence-electron chi connectivity index (χ1n) is 5.64. The Morgan fingerprint density at radius 2 is 2.28 bits per heavy atom. The van der Waals surface area contributed by atoms with Crippen LogP contribution in [0, 0.1) is 0 Å². The number of aromatic nitrogens is 2. The van der Waals surface area contributed by atoms with E-state index in [9.17, 15) is 9.90 Å². The van der Waals surface area contributed by atoms with E-state index in [1.165, 1.54) is 10.5 Å². The predicted octanol–water partition coefficient (Wildman–Crippen LogP) is 0.889. The average molecular weight is 249 g/mol. The molecule has 0 aromatic carbocycles. The Hall–Kier alpha value is -2.08. The highest BCUT2D eigenvalue weighted by Crippen LogP contribution is 2.20. The molecule has 0 saturated heterocycles. The molecule has 0 radical (unpaired) electrons. The lowest BCUT2D eigenvalue weighted by atomic mass is 10.2. The van der Waals surface area contributed by atoms with Gasteiger partial charge in [-0.1, -0.05) is 6.07 Å². The van der Waals surface area contributed by atoms with Crippen LogP contribution >= 0.6 is 0 Å². The SMILES string of the molecule is CNC(C)Cc1nc(C(=O)O)c2cccc(O)n12. The predicted molar refractivity (Wildman–Crippen MR) is 66.0 cm³/mol. The minimum Gasteiger partial charge on any atom is -0.494 e. The Morgan fingerprint density at radius 3 is 2.89 bits per heavy atom. The number of likely N-dealkylation sites (N-methyl/N-ethyl adjacent to an activating group) is 1. The van der Waals surface area contributed by atoms with Crippen LogP contribution in [-0.2, 0) is 6.42 Å². The fraction of sp³-hybridized carbons (Fsp3) is 0.333. The highest BCUT2D eigenvalue weighted by atomic mass is 16.4. The van der Waals surface area contributed by atoms with Crippen molar-refractivity contribution in [3.63, 3.8) is 0 Å². The fourth-order valence-corrected chi connectivity index (χ4v) is 1.86. The molecule has 96 valence electrons. The summed E-state index contributed by atoms with van der Waals surface area (Å²) >= 11 is 0. The minimum atomic E-state index is -1.10. The molecule has 0 aliphatic rings. The quantitative estimate of drug-likeness (QED) is 0.749. The summed E-state index contributed by atoms with van der Waals surface area (Å²) in [6, 6.07) is 4.87. The van der Waals surface area contributed by atoms with Crippen LogP contribution in [0.3, 0.4) is 0 Å². The molecule has 0 fully saturated rings. The Morgan fingerprint density at radius 1 is 1.56 bits per heavy atom. The molecule has 0 spiro atoms. The topological polar surface area (TPSA) is 86.9 Å². The normalized spacial score (nSPS) is 12.8. The summed E-state index contributed by atoms with van der Waals surface area (Å²) in [6.45, 7) is 1.96. The van der Waals surface area contributed by atoms with Crippen molar-refractivity contribution in [3.05, 3.63) is 29.7 Å². The first kappa shape index (κ1) is 12.4. The molecule has 2 rings (SSSR count). The molecule has 0 saturated carbocycles. The minimum absolute atomic E-state index is 0.00852. The zero-order chi connectivity index (χ0) is 13.3. The van der Waals surface area contributed by atoms with Gasteiger partial charge in [0.05, 0.1) is 5.52 Å². The number of rotatable bonds is 4. The van der Waals surface area contributed by atoms with Gasteiger partial charge in [-0.15, -0.1) is 0 Å². The van der Waals surface area contributed by atoms with E-state index in [2.05, 4.69) is 10.3 Å². The molecule has 0 aliphatic carbocycles. The van der Waals surface area contributed by atoms with Gasteiger partial charge >= 0.3 is 5.97 Å². The molecular formula is C12H15N3O3. The Labute approximate surface area is 104 Å². The summed E-state index contributed by atoms with van der Waals surface area (Å²) in [4.78, 5) is 15.2. The van der Waals surface area contributed by atoms with Gasteiger partial charge in [-0.25, -0.2) is 9.78 Å². The van der Waals surface area contributed by atoms with E-state index in [1.807, 2.05) is 14.0 Å². The summed E-state index contributed by atoms with van der Waals surface area (Å²) in [5.74, 6) is -0.574. The molecule has 1 unspecified atom stereocenters. The lowest BCUT2D eigenvalue weighted by Gasteiger charge is -2.09. The first-order chi connectivity index (χ1) is 8.54. The number of pyridine rings is 1. The van der Waals surface area contributed by atoms with Crippen molar-refractivity contribution in [1.29, 1.82) is 0 Å². The van der Waals surface area contributed by atoms with Gasteiger partial charge in [0.15, 0.2) is 11.6 Å². The van der Waals surface area contributed by atoms with Crippen LogP contribution in [0.25, 0.3) is 5.52 Å². The number of carboxylic acid groups (broad SMARTS) is 1. The molecule has 1 atom stereocenters. The standard InChI is InChI=1S/C12H15N3O3/c1-7(13-2)6-9-14-11(12(17)18)8-4-3-5-10(16)15(8)9/h3-5,7,13,16H,6H2,1-2H3,(H,17,18). The van der Waals surface area contributed by atoms with Crippen molar-refractivity contribution in [3.8, 4) is 5.88 Å². The van der Waals surface area contributed by atoms with E-state index in [0.29, 0.717) is 17.8 Å². The van der Waals surface area contributed by atoms with Crippen LogP contribution in [0.2, 0.25) is 0 Å². The summed E-state index contributed by atoms with van der Waals surface area (Å²) < 4.78 is 1.47.